The summed E-state index contributed by atoms with van der Waals surface area (Å²) in [7, 11) is 0. The Balaban J connectivity index is 1.72. The number of hydrogen-bond donors (Lipinski definition) is 1. The third-order valence-electron chi connectivity index (χ3n) is 4.36. The molecule has 3 rings (SSSR count). The number of benzene rings is 1. The van der Waals surface area contributed by atoms with Crippen molar-refractivity contribution in [1.82, 2.24) is 0 Å². The molecule has 5 nitrogen and oxygen atoms in total. The zero-order valence-corrected chi connectivity index (χ0v) is 12.0. The maximum atomic E-state index is 11.9. The molecule has 0 spiro atoms. The molecular formula is C16H20N2O3. The highest BCUT2D eigenvalue weighted by Gasteiger charge is 2.34. The van der Waals surface area contributed by atoms with Crippen LogP contribution in [-0.2, 0) is 9.59 Å². The van der Waals surface area contributed by atoms with E-state index in [9.17, 15) is 9.59 Å². The molecule has 2 fully saturated rings. The lowest BCUT2D eigenvalue weighted by Gasteiger charge is -2.29. The van der Waals surface area contributed by atoms with E-state index >= 15 is 0 Å². The Hall–Kier alpha value is -2.04. The Morgan fingerprint density at radius 3 is 2.24 bits per heavy atom. The molecular weight excluding hydrogens is 268 g/mol. The van der Waals surface area contributed by atoms with Gasteiger partial charge in [0.15, 0.2) is 0 Å². The number of aliphatic carboxylic acids is 1. The van der Waals surface area contributed by atoms with Crippen LogP contribution in [0.5, 0.6) is 0 Å². The lowest BCUT2D eigenvalue weighted by atomic mass is 10.1. The van der Waals surface area contributed by atoms with Crippen LogP contribution in [0.1, 0.15) is 25.7 Å². The molecule has 112 valence electrons. The second-order valence-electron chi connectivity index (χ2n) is 5.81. The third-order valence-corrected chi connectivity index (χ3v) is 4.36. The van der Waals surface area contributed by atoms with Gasteiger partial charge in [0.2, 0.25) is 5.91 Å². The molecule has 0 aliphatic carbocycles. The summed E-state index contributed by atoms with van der Waals surface area (Å²) in [6.45, 7) is 2.45. The minimum atomic E-state index is -0.893. The third kappa shape index (κ3) is 2.86. The summed E-state index contributed by atoms with van der Waals surface area (Å²) < 4.78 is 0. The van der Waals surface area contributed by atoms with Crippen LogP contribution >= 0.6 is 0 Å². The average molecular weight is 288 g/mol. The number of hydrogen-bond acceptors (Lipinski definition) is 3. The van der Waals surface area contributed by atoms with E-state index in [1.54, 1.807) is 4.90 Å². The number of amides is 1. The van der Waals surface area contributed by atoms with E-state index < -0.39 is 11.9 Å². The zero-order chi connectivity index (χ0) is 14.8. The van der Waals surface area contributed by atoms with Gasteiger partial charge in [0.1, 0.15) is 0 Å². The Bertz CT molecular complexity index is 535. The van der Waals surface area contributed by atoms with Crippen molar-refractivity contribution >= 4 is 23.3 Å². The van der Waals surface area contributed by atoms with Gasteiger partial charge in [-0.3, -0.25) is 9.59 Å². The fraction of sp³-hybridized carbons (Fsp3) is 0.500. The van der Waals surface area contributed by atoms with Gasteiger partial charge in [-0.25, -0.2) is 0 Å². The number of carboxylic acids is 1. The number of rotatable bonds is 3. The summed E-state index contributed by atoms with van der Waals surface area (Å²) in [5, 5.41) is 9.02. The highest BCUT2D eigenvalue weighted by atomic mass is 16.4. The normalized spacial score (nSPS) is 22.7. The lowest BCUT2D eigenvalue weighted by molar-refractivity contribution is -0.141. The molecule has 1 amide bonds. The molecule has 2 heterocycles. The second-order valence-corrected chi connectivity index (χ2v) is 5.81. The fourth-order valence-corrected chi connectivity index (χ4v) is 3.12. The molecule has 1 N–H and O–H groups in total. The number of piperidine rings is 1. The SMILES string of the molecule is O=C(O)[C@H]1CC(=O)N(c2ccc(N3CCCCC3)cc2)C1. The van der Waals surface area contributed by atoms with E-state index in [-0.39, 0.29) is 18.9 Å². The van der Waals surface area contributed by atoms with E-state index in [1.165, 1.54) is 24.9 Å². The minimum Gasteiger partial charge on any atom is -0.481 e. The van der Waals surface area contributed by atoms with Gasteiger partial charge in [-0.1, -0.05) is 0 Å². The van der Waals surface area contributed by atoms with Crippen molar-refractivity contribution in [2.45, 2.75) is 25.7 Å². The first-order valence-corrected chi connectivity index (χ1v) is 7.53. The first kappa shape index (κ1) is 13.9. The van der Waals surface area contributed by atoms with Crippen LogP contribution < -0.4 is 9.80 Å². The summed E-state index contributed by atoms with van der Waals surface area (Å²) in [5.41, 5.74) is 1.98. The van der Waals surface area contributed by atoms with Gasteiger partial charge in [-0.2, -0.15) is 0 Å². The molecule has 0 aromatic heterocycles. The Morgan fingerprint density at radius 1 is 1.05 bits per heavy atom. The standard InChI is InChI=1S/C16H20N2O3/c19-15-10-12(16(20)21)11-18(15)14-6-4-13(5-7-14)17-8-2-1-3-9-17/h4-7,12H,1-3,8-11H2,(H,20,21)/t12-/m0/s1. The second kappa shape index (κ2) is 5.76. The molecule has 21 heavy (non-hydrogen) atoms. The van der Waals surface area contributed by atoms with Crippen LogP contribution in [0.25, 0.3) is 0 Å². The Kier molecular flexibility index (Phi) is 3.82. The Labute approximate surface area is 124 Å². The smallest absolute Gasteiger partial charge is 0.308 e. The van der Waals surface area contributed by atoms with Crippen molar-refractivity contribution in [3.8, 4) is 0 Å². The monoisotopic (exact) mass is 288 g/mol. The maximum absolute atomic E-state index is 11.9. The van der Waals surface area contributed by atoms with Gasteiger partial charge >= 0.3 is 5.97 Å². The number of carbonyl (C=O) groups is 2. The van der Waals surface area contributed by atoms with Crippen LogP contribution in [0.2, 0.25) is 0 Å². The van der Waals surface area contributed by atoms with E-state index in [1.807, 2.05) is 24.3 Å². The van der Waals surface area contributed by atoms with Crippen LogP contribution in [0.4, 0.5) is 11.4 Å². The number of anilines is 2. The molecule has 0 bridgehead atoms. The summed E-state index contributed by atoms with van der Waals surface area (Å²) >= 11 is 0. The largest absolute Gasteiger partial charge is 0.481 e. The molecule has 2 aliphatic heterocycles. The first-order chi connectivity index (χ1) is 10.1. The van der Waals surface area contributed by atoms with Crippen LogP contribution in [0.3, 0.4) is 0 Å². The average Bonchev–Trinajstić information content (AvgIpc) is 2.91. The van der Waals surface area contributed by atoms with Crippen molar-refractivity contribution < 1.29 is 14.7 Å². The predicted octanol–water partition coefficient (Wildman–Crippen LogP) is 2.11. The van der Waals surface area contributed by atoms with Gasteiger partial charge in [0.25, 0.3) is 0 Å². The summed E-state index contributed by atoms with van der Waals surface area (Å²) in [5.74, 6) is -1.58. The minimum absolute atomic E-state index is 0.100. The van der Waals surface area contributed by atoms with E-state index in [0.29, 0.717) is 0 Å². The summed E-state index contributed by atoms with van der Waals surface area (Å²) in [6, 6.07) is 7.90. The van der Waals surface area contributed by atoms with Crippen LogP contribution in [-0.4, -0.2) is 36.6 Å². The van der Waals surface area contributed by atoms with E-state index in [0.717, 1.165) is 18.8 Å². The molecule has 0 radical (unpaired) electrons. The van der Waals surface area contributed by atoms with Gasteiger partial charge < -0.3 is 14.9 Å². The van der Waals surface area contributed by atoms with Crippen LogP contribution in [0, 0.1) is 5.92 Å². The van der Waals surface area contributed by atoms with Crippen molar-refractivity contribution in [3.05, 3.63) is 24.3 Å². The van der Waals surface area contributed by atoms with Crippen molar-refractivity contribution in [1.29, 1.82) is 0 Å². The number of carboxylic acid groups (broad SMARTS) is 1. The summed E-state index contributed by atoms with van der Waals surface area (Å²) in [6.07, 6.45) is 3.86. The predicted molar refractivity (Wildman–Crippen MR) is 80.6 cm³/mol. The molecule has 2 aliphatic rings. The molecule has 0 unspecified atom stereocenters. The maximum Gasteiger partial charge on any atom is 0.308 e. The molecule has 5 heteroatoms. The highest BCUT2D eigenvalue weighted by Crippen LogP contribution is 2.28. The van der Waals surface area contributed by atoms with E-state index in [2.05, 4.69) is 4.90 Å². The number of nitrogens with zero attached hydrogens (tertiary/aromatic N) is 2. The molecule has 0 saturated carbocycles. The molecule has 1 aromatic carbocycles. The molecule has 2 saturated heterocycles. The topological polar surface area (TPSA) is 60.9 Å². The fourth-order valence-electron chi connectivity index (χ4n) is 3.12. The zero-order valence-electron chi connectivity index (χ0n) is 12.0. The van der Waals surface area contributed by atoms with Crippen molar-refractivity contribution in [2.24, 2.45) is 5.92 Å². The van der Waals surface area contributed by atoms with Crippen molar-refractivity contribution in [2.75, 3.05) is 29.4 Å². The van der Waals surface area contributed by atoms with Gasteiger partial charge in [-0.15, -0.1) is 0 Å². The lowest BCUT2D eigenvalue weighted by Crippen LogP contribution is -2.29. The molecule has 1 atom stereocenters. The summed E-state index contributed by atoms with van der Waals surface area (Å²) in [4.78, 5) is 26.9. The highest BCUT2D eigenvalue weighted by molar-refractivity contribution is 5.99. The first-order valence-electron chi connectivity index (χ1n) is 7.53. The van der Waals surface area contributed by atoms with Crippen molar-refractivity contribution in [3.63, 3.8) is 0 Å². The van der Waals surface area contributed by atoms with Gasteiger partial charge in [0, 0.05) is 37.4 Å². The number of carbonyl (C=O) groups excluding carboxylic acids is 1. The van der Waals surface area contributed by atoms with Crippen LogP contribution in [0.15, 0.2) is 24.3 Å². The van der Waals surface area contributed by atoms with Gasteiger partial charge in [-0.05, 0) is 43.5 Å². The van der Waals surface area contributed by atoms with Gasteiger partial charge in [0.05, 0.1) is 5.92 Å². The quantitative estimate of drug-likeness (QED) is 0.925. The molecule has 1 aromatic rings. The van der Waals surface area contributed by atoms with E-state index in [4.69, 9.17) is 5.11 Å². The Morgan fingerprint density at radius 2 is 1.67 bits per heavy atom.